The molecule has 0 spiro atoms. The lowest BCUT2D eigenvalue weighted by atomic mass is 9.97. The molecule has 1 heterocycles. The van der Waals surface area contributed by atoms with Crippen LogP contribution in [-0.2, 0) is 20.6 Å². The Bertz CT molecular complexity index is 939. The predicted octanol–water partition coefficient (Wildman–Crippen LogP) is 4.31. The average molecular weight is 445 g/mol. The molecule has 0 atom stereocenters. The van der Waals surface area contributed by atoms with Gasteiger partial charge in [0.05, 0.1) is 5.75 Å². The molecule has 0 radical (unpaired) electrons. The van der Waals surface area contributed by atoms with Crippen LogP contribution in [0.15, 0.2) is 42.5 Å². The Kier molecular flexibility index (Phi) is 6.60. The topological polar surface area (TPSA) is 66.5 Å². The number of carbonyl (C=O) groups is 1. The maximum atomic E-state index is 13.0. The highest BCUT2D eigenvalue weighted by molar-refractivity contribution is 7.88. The van der Waals surface area contributed by atoms with Gasteiger partial charge < -0.3 is 5.32 Å². The van der Waals surface area contributed by atoms with Gasteiger partial charge in [-0.15, -0.1) is 0 Å². The Balaban J connectivity index is 1.57. The Labute approximate surface area is 173 Å². The Morgan fingerprint density at radius 1 is 1.07 bits per heavy atom. The smallest absolute Gasteiger partial charge is 0.227 e. The van der Waals surface area contributed by atoms with E-state index in [0.29, 0.717) is 34.1 Å². The van der Waals surface area contributed by atoms with E-state index < -0.39 is 15.8 Å². The summed E-state index contributed by atoms with van der Waals surface area (Å²) in [6.07, 6.45) is 0.839. The highest BCUT2D eigenvalue weighted by atomic mass is 35.5. The van der Waals surface area contributed by atoms with Crippen molar-refractivity contribution in [3.63, 3.8) is 0 Å². The zero-order chi connectivity index (χ0) is 20.3. The number of piperidine rings is 1. The van der Waals surface area contributed by atoms with Crippen LogP contribution in [0.2, 0.25) is 10.0 Å². The van der Waals surface area contributed by atoms with Crippen molar-refractivity contribution in [3.05, 3.63) is 63.9 Å². The molecule has 5 nitrogen and oxygen atoms in total. The number of sulfonamides is 1. The van der Waals surface area contributed by atoms with Gasteiger partial charge in [-0.3, -0.25) is 4.79 Å². The van der Waals surface area contributed by atoms with Crippen molar-refractivity contribution in [1.82, 2.24) is 4.31 Å². The molecule has 9 heteroatoms. The molecule has 0 saturated carbocycles. The van der Waals surface area contributed by atoms with Gasteiger partial charge in [0.25, 0.3) is 0 Å². The van der Waals surface area contributed by atoms with Crippen LogP contribution in [0.3, 0.4) is 0 Å². The van der Waals surface area contributed by atoms with Crippen LogP contribution in [0.1, 0.15) is 18.4 Å². The quantitative estimate of drug-likeness (QED) is 0.746. The largest absolute Gasteiger partial charge is 0.326 e. The highest BCUT2D eigenvalue weighted by Crippen LogP contribution is 2.26. The predicted molar refractivity (Wildman–Crippen MR) is 108 cm³/mol. The first-order valence-electron chi connectivity index (χ1n) is 8.72. The summed E-state index contributed by atoms with van der Waals surface area (Å²) in [6, 6.07) is 10.2. The molecule has 1 amide bonds. The highest BCUT2D eigenvalue weighted by Gasteiger charge is 2.31. The molecule has 2 aromatic rings. The summed E-state index contributed by atoms with van der Waals surface area (Å²) < 4.78 is 39.5. The van der Waals surface area contributed by atoms with Crippen molar-refractivity contribution >= 4 is 44.8 Å². The summed E-state index contributed by atoms with van der Waals surface area (Å²) in [5, 5.41) is 3.62. The second-order valence-electron chi connectivity index (χ2n) is 6.70. The molecule has 0 bridgehead atoms. The zero-order valence-corrected chi connectivity index (χ0v) is 17.2. The van der Waals surface area contributed by atoms with Crippen LogP contribution >= 0.6 is 23.2 Å². The first kappa shape index (κ1) is 21.0. The number of hydrogen-bond donors (Lipinski definition) is 1. The Morgan fingerprint density at radius 2 is 1.64 bits per heavy atom. The van der Waals surface area contributed by atoms with Gasteiger partial charge in [-0.05, 0) is 48.7 Å². The number of benzene rings is 2. The van der Waals surface area contributed by atoms with E-state index in [1.54, 1.807) is 18.2 Å². The number of nitrogens with zero attached hydrogens (tertiary/aromatic N) is 1. The average Bonchev–Trinajstić information content (AvgIpc) is 2.63. The van der Waals surface area contributed by atoms with E-state index in [9.17, 15) is 17.6 Å². The third-order valence-corrected chi connectivity index (χ3v) is 6.90. The number of hydrogen-bond acceptors (Lipinski definition) is 3. The minimum Gasteiger partial charge on any atom is -0.326 e. The molecular weight excluding hydrogens is 426 g/mol. The molecular formula is C19H19Cl2FN2O3S. The second kappa shape index (κ2) is 8.78. The third-order valence-electron chi connectivity index (χ3n) is 4.61. The molecule has 1 aliphatic heterocycles. The number of nitrogens with one attached hydrogen (secondary N) is 1. The van der Waals surface area contributed by atoms with Crippen LogP contribution < -0.4 is 5.32 Å². The zero-order valence-electron chi connectivity index (χ0n) is 14.9. The number of carbonyl (C=O) groups excluding carboxylic acids is 1. The van der Waals surface area contributed by atoms with E-state index in [-0.39, 0.29) is 30.7 Å². The first-order chi connectivity index (χ1) is 13.2. The van der Waals surface area contributed by atoms with Crippen molar-refractivity contribution in [2.75, 3.05) is 18.4 Å². The number of anilines is 1. The molecule has 1 fully saturated rings. The summed E-state index contributed by atoms with van der Waals surface area (Å²) >= 11 is 11.9. The van der Waals surface area contributed by atoms with Crippen molar-refractivity contribution < 1.29 is 17.6 Å². The van der Waals surface area contributed by atoms with Gasteiger partial charge >= 0.3 is 0 Å². The first-order valence-corrected chi connectivity index (χ1v) is 11.1. The van der Waals surface area contributed by atoms with Crippen molar-refractivity contribution in [2.45, 2.75) is 18.6 Å². The summed E-state index contributed by atoms with van der Waals surface area (Å²) in [5.74, 6) is -1.08. The van der Waals surface area contributed by atoms with Gasteiger partial charge in [0.15, 0.2) is 0 Å². The molecule has 0 aliphatic carbocycles. The van der Waals surface area contributed by atoms with E-state index in [1.165, 1.54) is 28.6 Å². The lowest BCUT2D eigenvalue weighted by Gasteiger charge is -2.30. The molecule has 0 aromatic heterocycles. The Hall–Kier alpha value is -1.67. The molecule has 1 aliphatic rings. The minimum absolute atomic E-state index is 0.186. The van der Waals surface area contributed by atoms with Gasteiger partial charge in [0.2, 0.25) is 15.9 Å². The van der Waals surface area contributed by atoms with Gasteiger partial charge in [-0.2, -0.15) is 0 Å². The fraction of sp³-hybridized carbons (Fsp3) is 0.316. The SMILES string of the molecule is O=C(Nc1cc(Cl)cc(Cl)c1)C1CCN(S(=O)(=O)Cc2ccc(F)cc2)CC1. The third kappa shape index (κ3) is 5.44. The summed E-state index contributed by atoms with van der Waals surface area (Å²) in [6.45, 7) is 0.524. The molecule has 1 saturated heterocycles. The lowest BCUT2D eigenvalue weighted by Crippen LogP contribution is -2.41. The normalized spacial score (nSPS) is 16.1. The van der Waals surface area contributed by atoms with Crippen LogP contribution in [0.4, 0.5) is 10.1 Å². The van der Waals surface area contributed by atoms with Gasteiger partial charge in [-0.1, -0.05) is 35.3 Å². The fourth-order valence-electron chi connectivity index (χ4n) is 3.15. The molecule has 28 heavy (non-hydrogen) atoms. The van der Waals surface area contributed by atoms with Crippen molar-refractivity contribution in [3.8, 4) is 0 Å². The molecule has 2 aromatic carbocycles. The molecule has 150 valence electrons. The van der Waals surface area contributed by atoms with Crippen LogP contribution in [0, 0.1) is 11.7 Å². The fourth-order valence-corrected chi connectivity index (χ4v) is 5.24. The summed E-state index contributed by atoms with van der Waals surface area (Å²) in [7, 11) is -3.52. The van der Waals surface area contributed by atoms with Gasteiger partial charge in [0, 0.05) is 34.7 Å². The van der Waals surface area contributed by atoms with Crippen molar-refractivity contribution in [2.24, 2.45) is 5.92 Å². The number of rotatable bonds is 5. The van der Waals surface area contributed by atoms with Crippen LogP contribution in [-0.4, -0.2) is 31.7 Å². The summed E-state index contributed by atoms with van der Waals surface area (Å²) in [4.78, 5) is 12.5. The van der Waals surface area contributed by atoms with E-state index >= 15 is 0 Å². The number of halogens is 3. The van der Waals surface area contributed by atoms with E-state index in [0.717, 1.165) is 0 Å². The molecule has 0 unspecified atom stereocenters. The van der Waals surface area contributed by atoms with Gasteiger partial charge in [-0.25, -0.2) is 17.1 Å². The minimum atomic E-state index is -3.52. The molecule has 1 N–H and O–H groups in total. The van der Waals surface area contributed by atoms with Gasteiger partial charge in [0.1, 0.15) is 5.82 Å². The van der Waals surface area contributed by atoms with E-state index in [2.05, 4.69) is 5.32 Å². The summed E-state index contributed by atoms with van der Waals surface area (Å²) in [5.41, 5.74) is 1.04. The Morgan fingerprint density at radius 3 is 2.21 bits per heavy atom. The maximum Gasteiger partial charge on any atom is 0.227 e. The lowest BCUT2D eigenvalue weighted by molar-refractivity contribution is -0.120. The second-order valence-corrected chi connectivity index (χ2v) is 9.55. The number of amides is 1. The molecule has 3 rings (SSSR count). The van der Waals surface area contributed by atoms with Crippen LogP contribution in [0.5, 0.6) is 0 Å². The standard InChI is InChI=1S/C19H19Cl2FN2O3S/c20-15-9-16(21)11-18(10-15)23-19(25)14-5-7-24(8-6-14)28(26,27)12-13-1-3-17(22)4-2-13/h1-4,9-11,14H,5-8,12H2,(H,23,25). The van der Waals surface area contributed by atoms with E-state index in [1.807, 2.05) is 0 Å². The van der Waals surface area contributed by atoms with E-state index in [4.69, 9.17) is 23.2 Å². The van der Waals surface area contributed by atoms with Crippen LogP contribution in [0.25, 0.3) is 0 Å². The van der Waals surface area contributed by atoms with Crippen molar-refractivity contribution in [1.29, 1.82) is 0 Å². The maximum absolute atomic E-state index is 13.0. The monoisotopic (exact) mass is 444 g/mol.